The van der Waals surface area contributed by atoms with Crippen molar-refractivity contribution in [3.05, 3.63) is 0 Å². The number of esters is 1. The molecule has 0 fully saturated rings. The van der Waals surface area contributed by atoms with Gasteiger partial charge >= 0.3 is 5.97 Å². The van der Waals surface area contributed by atoms with E-state index in [0.717, 1.165) is 0 Å². The molecule has 0 aromatic rings. The Bertz CT molecular complexity index is 165. The first-order valence-corrected chi connectivity index (χ1v) is 3.53. The Morgan fingerprint density at radius 3 is 3.00 bits per heavy atom. The molecule has 0 saturated carbocycles. The fourth-order valence-corrected chi connectivity index (χ4v) is 0.503. The van der Waals surface area contributed by atoms with Crippen molar-refractivity contribution in [1.82, 2.24) is 5.32 Å². The van der Waals surface area contributed by atoms with Gasteiger partial charge in [0.15, 0.2) is 0 Å². The first kappa shape index (κ1) is 10.9. The van der Waals surface area contributed by atoms with Crippen LogP contribution in [-0.2, 0) is 14.3 Å². The van der Waals surface area contributed by atoms with Gasteiger partial charge in [-0.3, -0.25) is 0 Å². The molecule has 0 spiro atoms. The minimum absolute atomic E-state index is 0.0370. The van der Waals surface area contributed by atoms with E-state index >= 15 is 0 Å². The number of nitrogens with one attached hydrogen (secondary N) is 1. The zero-order valence-corrected chi connectivity index (χ0v) is 7.00. The van der Waals surface area contributed by atoms with Gasteiger partial charge in [0.05, 0.1) is 26.3 Å². The lowest BCUT2D eigenvalue weighted by atomic mass is 10.6. The normalized spacial score (nSPS) is 9.00. The van der Waals surface area contributed by atoms with Crippen molar-refractivity contribution in [2.45, 2.75) is 0 Å². The lowest BCUT2D eigenvalue weighted by Gasteiger charge is -2.01. The van der Waals surface area contributed by atoms with Crippen molar-refractivity contribution in [2.24, 2.45) is 0 Å². The Kier molecular flexibility index (Phi) is 7.24. The standard InChI is InChI=1S/C7H12N2O3/c1-11-7(10)6-12-5-4-9-3-2-8/h9H,3-6H2,1H3. The van der Waals surface area contributed by atoms with Gasteiger partial charge in [0.1, 0.15) is 6.61 Å². The molecule has 0 aromatic heterocycles. The summed E-state index contributed by atoms with van der Waals surface area (Å²) in [6.45, 7) is 1.22. The summed E-state index contributed by atoms with van der Waals surface area (Å²) in [6, 6.07) is 1.92. The molecule has 0 radical (unpaired) electrons. The van der Waals surface area contributed by atoms with E-state index < -0.39 is 5.97 Å². The number of ether oxygens (including phenoxy) is 2. The first-order valence-electron chi connectivity index (χ1n) is 3.53. The third-order valence-electron chi connectivity index (χ3n) is 1.07. The molecule has 0 amide bonds. The van der Waals surface area contributed by atoms with E-state index in [2.05, 4.69) is 10.1 Å². The second-order valence-electron chi connectivity index (χ2n) is 1.96. The van der Waals surface area contributed by atoms with Crippen LogP contribution >= 0.6 is 0 Å². The third kappa shape index (κ3) is 6.99. The van der Waals surface area contributed by atoms with Gasteiger partial charge in [-0.05, 0) is 0 Å². The van der Waals surface area contributed by atoms with Crippen molar-refractivity contribution in [3.63, 3.8) is 0 Å². The van der Waals surface area contributed by atoms with E-state index in [-0.39, 0.29) is 6.61 Å². The topological polar surface area (TPSA) is 71.3 Å². The lowest BCUT2D eigenvalue weighted by Crippen LogP contribution is -2.21. The number of nitriles is 1. The first-order chi connectivity index (χ1) is 5.81. The highest BCUT2D eigenvalue weighted by Gasteiger charge is 1.97. The van der Waals surface area contributed by atoms with Crippen LogP contribution in [0.15, 0.2) is 0 Å². The Labute approximate surface area is 71.3 Å². The smallest absolute Gasteiger partial charge is 0.331 e. The summed E-state index contributed by atoms with van der Waals surface area (Å²) < 4.78 is 9.23. The van der Waals surface area contributed by atoms with E-state index in [4.69, 9.17) is 10.00 Å². The number of hydrogen-bond donors (Lipinski definition) is 1. The van der Waals surface area contributed by atoms with Crippen LogP contribution < -0.4 is 5.32 Å². The molecule has 0 aliphatic rings. The van der Waals surface area contributed by atoms with E-state index in [9.17, 15) is 4.79 Å². The fraction of sp³-hybridized carbons (Fsp3) is 0.714. The summed E-state index contributed by atoms with van der Waals surface area (Å²) >= 11 is 0. The summed E-state index contributed by atoms with van der Waals surface area (Å²) in [6.07, 6.45) is 0. The van der Waals surface area contributed by atoms with E-state index in [1.807, 2.05) is 6.07 Å². The molecule has 0 unspecified atom stereocenters. The molecule has 0 aromatic carbocycles. The number of methoxy groups -OCH3 is 1. The maximum Gasteiger partial charge on any atom is 0.331 e. The van der Waals surface area contributed by atoms with Gasteiger partial charge < -0.3 is 14.8 Å². The summed E-state index contributed by atoms with van der Waals surface area (Å²) in [4.78, 5) is 10.5. The number of hydrogen-bond acceptors (Lipinski definition) is 5. The molecule has 1 N–H and O–H groups in total. The van der Waals surface area contributed by atoms with Crippen LogP contribution in [0.2, 0.25) is 0 Å². The Balaban J connectivity index is 3.01. The van der Waals surface area contributed by atoms with Crippen LogP contribution in [-0.4, -0.2) is 39.4 Å². The van der Waals surface area contributed by atoms with Crippen LogP contribution in [0.5, 0.6) is 0 Å². The fourth-order valence-electron chi connectivity index (χ4n) is 0.503. The van der Waals surface area contributed by atoms with Gasteiger partial charge in [-0.15, -0.1) is 0 Å². The average molecular weight is 172 g/mol. The van der Waals surface area contributed by atoms with Gasteiger partial charge in [0.25, 0.3) is 0 Å². The molecular weight excluding hydrogens is 160 g/mol. The van der Waals surface area contributed by atoms with Crippen molar-refractivity contribution in [1.29, 1.82) is 5.26 Å². The Morgan fingerprint density at radius 1 is 1.67 bits per heavy atom. The van der Waals surface area contributed by atoms with Crippen molar-refractivity contribution in [3.8, 4) is 6.07 Å². The molecule has 0 atom stereocenters. The predicted molar refractivity (Wildman–Crippen MR) is 41.3 cm³/mol. The lowest BCUT2D eigenvalue weighted by molar-refractivity contribution is -0.145. The second-order valence-corrected chi connectivity index (χ2v) is 1.96. The number of nitrogens with zero attached hydrogens (tertiary/aromatic N) is 1. The van der Waals surface area contributed by atoms with Gasteiger partial charge in [0, 0.05) is 6.54 Å². The molecule has 0 bridgehead atoms. The zero-order valence-electron chi connectivity index (χ0n) is 7.00. The summed E-state index contributed by atoms with van der Waals surface area (Å²) in [5.41, 5.74) is 0. The summed E-state index contributed by atoms with van der Waals surface area (Å²) in [5.74, 6) is -0.393. The molecule has 0 aliphatic carbocycles. The number of carbonyl (C=O) groups is 1. The minimum atomic E-state index is -0.393. The summed E-state index contributed by atoms with van der Waals surface area (Å²) in [7, 11) is 1.31. The quantitative estimate of drug-likeness (QED) is 0.325. The molecule has 5 heteroatoms. The highest BCUT2D eigenvalue weighted by atomic mass is 16.6. The number of carbonyl (C=O) groups excluding carboxylic acids is 1. The maximum absolute atomic E-state index is 10.5. The van der Waals surface area contributed by atoms with Crippen LogP contribution in [0.4, 0.5) is 0 Å². The van der Waals surface area contributed by atoms with Crippen LogP contribution in [0, 0.1) is 11.3 Å². The van der Waals surface area contributed by atoms with Crippen molar-refractivity contribution < 1.29 is 14.3 Å². The zero-order chi connectivity index (χ0) is 9.23. The van der Waals surface area contributed by atoms with E-state index in [0.29, 0.717) is 19.7 Å². The molecule has 0 saturated heterocycles. The van der Waals surface area contributed by atoms with E-state index in [1.54, 1.807) is 0 Å². The Morgan fingerprint density at radius 2 is 2.42 bits per heavy atom. The molecule has 0 rings (SSSR count). The predicted octanol–water partition coefficient (Wildman–Crippen LogP) is -0.711. The third-order valence-corrected chi connectivity index (χ3v) is 1.07. The summed E-state index contributed by atoms with van der Waals surface area (Å²) in [5, 5.41) is 10.9. The second kappa shape index (κ2) is 7.98. The van der Waals surface area contributed by atoms with Gasteiger partial charge in [0.2, 0.25) is 0 Å². The monoisotopic (exact) mass is 172 g/mol. The molecule has 5 nitrogen and oxygen atoms in total. The molecule has 0 aliphatic heterocycles. The van der Waals surface area contributed by atoms with Crippen LogP contribution in [0.25, 0.3) is 0 Å². The molecule has 68 valence electrons. The molecule has 0 heterocycles. The van der Waals surface area contributed by atoms with E-state index in [1.165, 1.54) is 7.11 Å². The van der Waals surface area contributed by atoms with Crippen molar-refractivity contribution in [2.75, 3.05) is 33.4 Å². The van der Waals surface area contributed by atoms with Gasteiger partial charge in [-0.1, -0.05) is 0 Å². The number of rotatable bonds is 6. The highest BCUT2D eigenvalue weighted by molar-refractivity contribution is 5.70. The van der Waals surface area contributed by atoms with Gasteiger partial charge in [-0.2, -0.15) is 5.26 Å². The van der Waals surface area contributed by atoms with Crippen LogP contribution in [0.1, 0.15) is 0 Å². The Hall–Kier alpha value is -1.12. The minimum Gasteiger partial charge on any atom is -0.467 e. The highest BCUT2D eigenvalue weighted by Crippen LogP contribution is 1.77. The van der Waals surface area contributed by atoms with Crippen LogP contribution in [0.3, 0.4) is 0 Å². The maximum atomic E-state index is 10.5. The largest absolute Gasteiger partial charge is 0.467 e. The average Bonchev–Trinajstić information content (AvgIpc) is 2.10. The molecule has 12 heavy (non-hydrogen) atoms. The molecular formula is C7H12N2O3. The van der Waals surface area contributed by atoms with Gasteiger partial charge in [-0.25, -0.2) is 4.79 Å². The van der Waals surface area contributed by atoms with Crippen molar-refractivity contribution >= 4 is 5.97 Å². The SMILES string of the molecule is COC(=O)COCCNCC#N.